The van der Waals surface area contributed by atoms with E-state index in [0.717, 1.165) is 4.47 Å². The molecule has 2 aromatic rings. The normalized spacial score (nSPS) is 15.1. The van der Waals surface area contributed by atoms with Gasteiger partial charge in [-0.3, -0.25) is 4.79 Å². The monoisotopic (exact) mass is 438 g/mol. The van der Waals surface area contributed by atoms with E-state index >= 15 is 0 Å². The van der Waals surface area contributed by atoms with Crippen LogP contribution in [0.2, 0.25) is 0 Å². The average molecular weight is 439 g/mol. The number of hydrogen-bond donors (Lipinski definition) is 0. The van der Waals surface area contributed by atoms with Gasteiger partial charge in [0.25, 0.3) is 0 Å². The highest BCUT2D eigenvalue weighted by Gasteiger charge is 2.24. The molecule has 3 rings (SSSR count). The number of anilines is 1. The van der Waals surface area contributed by atoms with Crippen molar-refractivity contribution in [2.75, 3.05) is 36.8 Å². The third-order valence-electron chi connectivity index (χ3n) is 4.22. The Bertz CT molecular complexity index is 851. The SMILES string of the molecule is O=C(CCS(=O)(=O)c1ccc(Br)cc1)N1CCN(c2ncccn2)CC1. The zero-order valence-corrected chi connectivity index (χ0v) is 16.5. The molecule has 1 aromatic carbocycles. The molecule has 1 fully saturated rings. The van der Waals surface area contributed by atoms with Crippen LogP contribution in [0.15, 0.2) is 52.1 Å². The fourth-order valence-corrected chi connectivity index (χ4v) is 4.24. The standard InChI is InChI=1S/C17H19BrN4O3S/c18-14-2-4-15(5-3-14)26(24,25)13-6-16(23)21-9-11-22(12-10-21)17-19-7-1-8-20-17/h1-5,7-8H,6,9-13H2. The summed E-state index contributed by atoms with van der Waals surface area (Å²) < 4.78 is 25.5. The maximum atomic E-state index is 12.4. The van der Waals surface area contributed by atoms with Crippen LogP contribution in [0.1, 0.15) is 6.42 Å². The van der Waals surface area contributed by atoms with E-state index in [1.807, 2.05) is 4.90 Å². The molecular weight excluding hydrogens is 420 g/mol. The van der Waals surface area contributed by atoms with E-state index in [-0.39, 0.29) is 23.0 Å². The molecule has 1 aliphatic rings. The number of aromatic nitrogens is 2. The minimum absolute atomic E-state index is 0.0137. The summed E-state index contributed by atoms with van der Waals surface area (Å²) in [6.07, 6.45) is 3.36. The number of hydrogen-bond acceptors (Lipinski definition) is 6. The first-order valence-corrected chi connectivity index (χ1v) is 10.7. The molecule has 0 spiro atoms. The number of carbonyl (C=O) groups is 1. The lowest BCUT2D eigenvalue weighted by atomic mass is 10.3. The van der Waals surface area contributed by atoms with Gasteiger partial charge in [0.05, 0.1) is 10.6 Å². The largest absolute Gasteiger partial charge is 0.339 e. The Morgan fingerprint density at radius 1 is 1.04 bits per heavy atom. The van der Waals surface area contributed by atoms with E-state index in [9.17, 15) is 13.2 Å². The Kier molecular flexibility index (Phi) is 5.87. The Morgan fingerprint density at radius 2 is 1.65 bits per heavy atom. The summed E-state index contributed by atoms with van der Waals surface area (Å²) in [5.74, 6) is 0.326. The van der Waals surface area contributed by atoms with E-state index < -0.39 is 9.84 Å². The minimum Gasteiger partial charge on any atom is -0.339 e. The predicted octanol–water partition coefficient (Wildman–Crippen LogP) is 1.75. The zero-order chi connectivity index (χ0) is 18.6. The topological polar surface area (TPSA) is 83.5 Å². The molecule has 0 saturated carbocycles. The number of benzene rings is 1. The van der Waals surface area contributed by atoms with Crippen LogP contribution in [0.5, 0.6) is 0 Å². The van der Waals surface area contributed by atoms with Gasteiger partial charge >= 0.3 is 0 Å². The van der Waals surface area contributed by atoms with Gasteiger partial charge < -0.3 is 9.80 Å². The van der Waals surface area contributed by atoms with Crippen LogP contribution in [-0.2, 0) is 14.6 Å². The van der Waals surface area contributed by atoms with Gasteiger partial charge in [0.15, 0.2) is 9.84 Å². The van der Waals surface area contributed by atoms with Crippen molar-refractivity contribution >= 4 is 37.6 Å². The van der Waals surface area contributed by atoms with Crippen molar-refractivity contribution in [2.24, 2.45) is 0 Å². The van der Waals surface area contributed by atoms with Crippen LogP contribution in [0.25, 0.3) is 0 Å². The van der Waals surface area contributed by atoms with Gasteiger partial charge in [-0.1, -0.05) is 15.9 Å². The molecule has 138 valence electrons. The van der Waals surface area contributed by atoms with E-state index in [2.05, 4.69) is 25.9 Å². The van der Waals surface area contributed by atoms with E-state index in [1.165, 1.54) is 0 Å². The van der Waals surface area contributed by atoms with Gasteiger partial charge in [0.2, 0.25) is 11.9 Å². The Hall–Kier alpha value is -2.00. The zero-order valence-electron chi connectivity index (χ0n) is 14.1. The number of carbonyl (C=O) groups excluding carboxylic acids is 1. The van der Waals surface area contributed by atoms with Crippen molar-refractivity contribution in [1.82, 2.24) is 14.9 Å². The molecule has 1 aromatic heterocycles. The van der Waals surface area contributed by atoms with Crippen LogP contribution in [0.4, 0.5) is 5.95 Å². The van der Waals surface area contributed by atoms with Crippen molar-refractivity contribution in [2.45, 2.75) is 11.3 Å². The molecule has 2 heterocycles. The highest BCUT2D eigenvalue weighted by molar-refractivity contribution is 9.10. The molecule has 1 saturated heterocycles. The molecule has 0 aliphatic carbocycles. The molecule has 1 amide bonds. The fourth-order valence-electron chi connectivity index (χ4n) is 2.75. The van der Waals surface area contributed by atoms with Gasteiger partial charge in [-0.25, -0.2) is 18.4 Å². The lowest BCUT2D eigenvalue weighted by Crippen LogP contribution is -2.49. The Labute approximate surface area is 161 Å². The average Bonchev–Trinajstić information content (AvgIpc) is 2.67. The molecule has 0 unspecified atom stereocenters. The first-order chi connectivity index (χ1) is 12.5. The summed E-state index contributed by atoms with van der Waals surface area (Å²) in [7, 11) is -3.46. The van der Waals surface area contributed by atoms with Crippen LogP contribution in [0, 0.1) is 0 Å². The van der Waals surface area contributed by atoms with Gasteiger partial charge in [-0.05, 0) is 30.3 Å². The number of sulfone groups is 1. The molecule has 0 bridgehead atoms. The number of rotatable bonds is 5. The summed E-state index contributed by atoms with van der Waals surface area (Å²) in [6.45, 7) is 2.34. The maximum absolute atomic E-state index is 12.4. The van der Waals surface area contributed by atoms with Crippen LogP contribution < -0.4 is 4.90 Å². The summed E-state index contributed by atoms with van der Waals surface area (Å²) in [6, 6.07) is 8.21. The van der Waals surface area contributed by atoms with Gasteiger partial charge in [0.1, 0.15) is 0 Å². The number of amides is 1. The lowest BCUT2D eigenvalue weighted by Gasteiger charge is -2.34. The first-order valence-electron chi connectivity index (χ1n) is 8.24. The van der Waals surface area contributed by atoms with Gasteiger partial charge in [-0.2, -0.15) is 0 Å². The molecule has 1 aliphatic heterocycles. The summed E-state index contributed by atoms with van der Waals surface area (Å²) in [5, 5.41) is 0. The van der Waals surface area contributed by atoms with E-state index in [1.54, 1.807) is 47.6 Å². The summed E-state index contributed by atoms with van der Waals surface area (Å²) >= 11 is 3.28. The quantitative estimate of drug-likeness (QED) is 0.706. The Morgan fingerprint density at radius 3 is 2.27 bits per heavy atom. The van der Waals surface area contributed by atoms with Crippen molar-refractivity contribution in [3.05, 3.63) is 47.2 Å². The third-order valence-corrected chi connectivity index (χ3v) is 6.49. The van der Waals surface area contributed by atoms with Crippen molar-refractivity contribution in [3.63, 3.8) is 0 Å². The number of nitrogens with zero attached hydrogens (tertiary/aromatic N) is 4. The second kappa shape index (κ2) is 8.13. The highest BCUT2D eigenvalue weighted by Crippen LogP contribution is 2.17. The molecule has 26 heavy (non-hydrogen) atoms. The van der Waals surface area contributed by atoms with E-state index in [4.69, 9.17) is 0 Å². The van der Waals surface area contributed by atoms with E-state index in [0.29, 0.717) is 32.1 Å². The van der Waals surface area contributed by atoms with Crippen molar-refractivity contribution in [3.8, 4) is 0 Å². The van der Waals surface area contributed by atoms with Crippen LogP contribution >= 0.6 is 15.9 Å². The molecular formula is C17H19BrN4O3S. The fraction of sp³-hybridized carbons (Fsp3) is 0.353. The van der Waals surface area contributed by atoms with Crippen LogP contribution in [-0.4, -0.2) is 61.1 Å². The first kappa shape index (κ1) is 18.8. The lowest BCUT2D eigenvalue weighted by molar-refractivity contribution is -0.131. The highest BCUT2D eigenvalue weighted by atomic mass is 79.9. The van der Waals surface area contributed by atoms with Gasteiger partial charge in [-0.15, -0.1) is 0 Å². The van der Waals surface area contributed by atoms with Crippen molar-refractivity contribution < 1.29 is 13.2 Å². The smallest absolute Gasteiger partial charge is 0.225 e. The number of halogens is 1. The molecule has 9 heteroatoms. The Balaban J connectivity index is 1.52. The van der Waals surface area contributed by atoms with Gasteiger partial charge in [0, 0.05) is 49.5 Å². The molecule has 7 nitrogen and oxygen atoms in total. The van der Waals surface area contributed by atoms with Crippen molar-refractivity contribution in [1.29, 1.82) is 0 Å². The summed E-state index contributed by atoms with van der Waals surface area (Å²) in [5.41, 5.74) is 0. The maximum Gasteiger partial charge on any atom is 0.225 e. The molecule has 0 N–H and O–H groups in total. The second-order valence-corrected chi connectivity index (χ2v) is 8.96. The van der Waals surface area contributed by atoms with Crippen LogP contribution in [0.3, 0.4) is 0 Å². The molecule has 0 atom stereocenters. The number of piperazine rings is 1. The molecule has 0 radical (unpaired) electrons. The minimum atomic E-state index is -3.46. The third kappa shape index (κ3) is 4.59. The summed E-state index contributed by atoms with van der Waals surface area (Å²) in [4.78, 5) is 24.8. The second-order valence-electron chi connectivity index (χ2n) is 5.94. The predicted molar refractivity (Wildman–Crippen MR) is 102 cm³/mol.